The summed E-state index contributed by atoms with van der Waals surface area (Å²) in [6.45, 7) is 3.08. The summed E-state index contributed by atoms with van der Waals surface area (Å²) in [5, 5.41) is 105. The quantitative estimate of drug-likeness (QED) is 0.0153. The molecule has 0 aromatic carbocycles. The molecule has 41 heteroatoms. The molecule has 4 aromatic rings. The van der Waals surface area contributed by atoms with Gasteiger partial charge in [-0.3, -0.25) is 28.8 Å². The molecule has 39 nitrogen and oxygen atoms in total. The Morgan fingerprint density at radius 2 is 1.50 bits per heavy atom. The highest BCUT2D eigenvalue weighted by atomic mass is 32.1. The number of aliphatic hydroxyl groups is 8. The van der Waals surface area contributed by atoms with Gasteiger partial charge in [-0.2, -0.15) is 0 Å². The number of carbonyl (C=O) groups is 8. The van der Waals surface area contributed by atoms with Crippen molar-refractivity contribution in [2.45, 2.75) is 157 Å². The summed E-state index contributed by atoms with van der Waals surface area (Å²) in [6.07, 6.45) is -24.7. The van der Waals surface area contributed by atoms with Crippen LogP contribution in [0.25, 0.3) is 10.7 Å². The number of imidazole rings is 1. The summed E-state index contributed by atoms with van der Waals surface area (Å²) >= 11 is 2.42. The zero-order valence-corrected chi connectivity index (χ0v) is 52.6. The number of ether oxygens (including phenoxy) is 6. The van der Waals surface area contributed by atoms with E-state index in [1.807, 2.05) is 0 Å². The second-order valence-electron chi connectivity index (χ2n) is 21.8. The van der Waals surface area contributed by atoms with Crippen LogP contribution in [0.15, 0.2) is 23.3 Å². The number of esters is 1. The van der Waals surface area contributed by atoms with Crippen molar-refractivity contribution >= 4 is 76.0 Å². The largest absolute Gasteiger partial charge is 0.461 e. The fourth-order valence-corrected chi connectivity index (χ4v) is 11.1. The van der Waals surface area contributed by atoms with Gasteiger partial charge in [-0.15, -0.1) is 22.7 Å². The number of thiazole rings is 2. The molecule has 6 rings (SSSR count). The highest BCUT2D eigenvalue weighted by molar-refractivity contribution is 7.14. The van der Waals surface area contributed by atoms with Gasteiger partial charge in [0, 0.05) is 42.3 Å². The average Bonchev–Trinajstić information content (AvgIpc) is 0.993. The number of nitrogens with zero attached hydrogens (tertiary/aromatic N) is 5. The minimum atomic E-state index is -2.20. The van der Waals surface area contributed by atoms with Crippen LogP contribution >= 0.6 is 22.7 Å². The van der Waals surface area contributed by atoms with Gasteiger partial charge in [0.25, 0.3) is 5.91 Å². The number of aromatic amines is 1. The Morgan fingerprint density at radius 1 is 0.809 bits per heavy atom. The topological polar surface area (TPSA) is 650 Å². The summed E-state index contributed by atoms with van der Waals surface area (Å²) in [6, 6.07) is -7.87. The number of carbonyl (C=O) groups excluding carboxylic acids is 8. The predicted octanol–water partition coefficient (Wildman–Crippen LogP) is -8.20. The molecule has 0 unspecified atom stereocenters. The Labute approximate surface area is 542 Å². The Balaban J connectivity index is 1.28. The van der Waals surface area contributed by atoms with E-state index >= 15 is 4.79 Å². The molecular weight excluding hydrogens is 1290 g/mol. The molecule has 19 atom stereocenters. The second kappa shape index (κ2) is 34.6. The standard InChI is InChI=1S/C53H79N17O22S2/c1-18-31(67-44(70-42(18)57)23(10-29(56)74)62-11-22(55)43(58)80)47(83)69-33(39(24-12-60-17-63-24)90-52-41(37(78)35(76)27(13-71)89-52)91-51-38(79)40(92-53(59)86)36(77)28(14-72)88-51)48(84)64-20(3)34(75)19(2)45(81)68-32(21(4)73)46(82)61-8-6-30-65-25(15-93-30)49-66-26(16-94-49)50(85)87-9-5-7-54/h12,15-17,19-23,27-28,32-41,51-52,62,71-73,75-79H,5-11,13-14,54-55H2,1-4H3,(H2,56,74)(H2,58,80)(H2,59,86)(H,60,63)(H,61,82)(H,64,84)(H,68,81)(H,69,83)(H2,57,67,70)/t19-,20+,21+,22-,23-,27-,28+,32-,33-,34-,35+,36+,37-,38-,39-,40-,41-,51+,52-/m0/s1. The van der Waals surface area contributed by atoms with Crippen molar-refractivity contribution in [3.63, 3.8) is 0 Å². The molecule has 0 saturated carbocycles. The number of rotatable bonds is 34. The molecule has 0 spiro atoms. The number of aliphatic hydroxyl groups excluding tert-OH is 8. The molecule has 2 fully saturated rings. The SMILES string of the molecule is Cc1c(N)nc([C@H](CC(N)=O)NC[C@H](N)C(N)=O)nc1C(=O)N[C@H](C(=O)N[C@H](C)[C@@H](O)[C@H](C)C(=O)N[C@H](C(=O)NCCc1nc(-c2nc(C(=O)OCCCN)cs2)cs1)[C@@H](C)O)[C@@H](O[C@@H]1O[C@@H](CO)[C@@H](O)[C@H](O)[C@@H]1O[C@H]1O[C@H](CO)[C@@H](O)[C@H](OC(N)=O)[C@@H]1O)c1cnc[nH]1. The van der Waals surface area contributed by atoms with E-state index in [4.69, 9.17) is 62.8 Å². The predicted molar refractivity (Wildman–Crippen MR) is 322 cm³/mol. The number of anilines is 1. The number of amides is 7. The summed E-state index contributed by atoms with van der Waals surface area (Å²) in [5.74, 6) is -9.05. The van der Waals surface area contributed by atoms with Crippen molar-refractivity contribution in [1.29, 1.82) is 0 Å². The maximum Gasteiger partial charge on any atom is 0.404 e. The average molecular weight is 1370 g/mol. The van der Waals surface area contributed by atoms with Gasteiger partial charge in [0.1, 0.15) is 89.0 Å². The van der Waals surface area contributed by atoms with E-state index in [1.165, 1.54) is 55.7 Å². The molecule has 0 aliphatic carbocycles. The van der Waals surface area contributed by atoms with Crippen molar-refractivity contribution < 1.29 is 108 Å². The van der Waals surface area contributed by atoms with E-state index in [2.05, 4.69) is 56.5 Å². The van der Waals surface area contributed by atoms with Crippen LogP contribution in [0.4, 0.5) is 10.6 Å². The molecule has 2 aliphatic rings. The van der Waals surface area contributed by atoms with E-state index in [0.717, 1.165) is 12.5 Å². The van der Waals surface area contributed by atoms with E-state index in [1.54, 1.807) is 5.38 Å². The fraction of sp³-hybridized carbons (Fsp3) is 0.604. The normalized spacial score (nSPS) is 24.2. The molecule has 520 valence electrons. The highest BCUT2D eigenvalue weighted by Crippen LogP contribution is 2.35. The molecule has 0 radical (unpaired) electrons. The summed E-state index contributed by atoms with van der Waals surface area (Å²) < 4.78 is 33.8. The van der Waals surface area contributed by atoms with Gasteiger partial charge >= 0.3 is 12.1 Å². The number of H-pyrrole nitrogens is 1. The van der Waals surface area contributed by atoms with Gasteiger partial charge in [-0.1, -0.05) is 6.92 Å². The van der Waals surface area contributed by atoms with Gasteiger partial charge in [0.2, 0.25) is 29.5 Å². The lowest BCUT2D eigenvalue weighted by Crippen LogP contribution is -2.65. The minimum absolute atomic E-state index is 0.0247. The maximum atomic E-state index is 15.2. The van der Waals surface area contributed by atoms with Crippen LogP contribution in [0.2, 0.25) is 0 Å². The molecular formula is C53H79N17O22S2. The smallest absolute Gasteiger partial charge is 0.404 e. The minimum Gasteiger partial charge on any atom is -0.461 e. The van der Waals surface area contributed by atoms with Crippen molar-refractivity contribution in [2.24, 2.45) is 34.6 Å². The van der Waals surface area contributed by atoms with Crippen LogP contribution in [0.3, 0.4) is 0 Å². The van der Waals surface area contributed by atoms with E-state index in [9.17, 15) is 74.4 Å². The van der Waals surface area contributed by atoms with Gasteiger partial charge in [-0.25, -0.2) is 34.5 Å². The first-order valence-corrected chi connectivity index (χ1v) is 30.8. The monoisotopic (exact) mass is 1370 g/mol. The Kier molecular flexibility index (Phi) is 27.8. The molecule has 4 aromatic heterocycles. The number of hydrogen-bond donors (Lipinski definition) is 20. The van der Waals surface area contributed by atoms with Crippen molar-refractivity contribution in [3.05, 3.63) is 56.8 Å². The van der Waals surface area contributed by atoms with Crippen LogP contribution in [0.1, 0.15) is 88.8 Å². The summed E-state index contributed by atoms with van der Waals surface area (Å²) in [5.41, 5.74) is 33.3. The molecule has 0 bridgehead atoms. The van der Waals surface area contributed by atoms with Gasteiger partial charge in [-0.05, 0) is 33.7 Å². The highest BCUT2D eigenvalue weighted by Gasteiger charge is 2.54. The van der Waals surface area contributed by atoms with Crippen molar-refractivity contribution in [2.75, 3.05) is 45.2 Å². The zero-order chi connectivity index (χ0) is 69.4. The second-order valence-corrected chi connectivity index (χ2v) is 23.6. The molecule has 94 heavy (non-hydrogen) atoms. The molecule has 2 aliphatic heterocycles. The summed E-state index contributed by atoms with van der Waals surface area (Å²) in [7, 11) is 0. The molecule has 6 heterocycles. The lowest BCUT2D eigenvalue weighted by molar-refractivity contribution is -0.372. The van der Waals surface area contributed by atoms with Crippen LogP contribution in [-0.4, -0.2) is 256 Å². The third-order valence-corrected chi connectivity index (χ3v) is 16.6. The first-order valence-electron chi connectivity index (χ1n) is 29.0. The zero-order valence-electron chi connectivity index (χ0n) is 51.0. The van der Waals surface area contributed by atoms with Crippen molar-refractivity contribution in [3.8, 4) is 10.7 Å². The Hall–Kier alpha value is -7.69. The number of hydrogen-bond acceptors (Lipinski definition) is 33. The van der Waals surface area contributed by atoms with Crippen LogP contribution < -0.4 is 61.0 Å². The van der Waals surface area contributed by atoms with Gasteiger partial charge in [0.05, 0.1) is 79.3 Å². The third kappa shape index (κ3) is 19.5. The van der Waals surface area contributed by atoms with Crippen LogP contribution in [-0.2, 0) is 58.8 Å². The number of nitrogens with one attached hydrogen (secondary N) is 6. The van der Waals surface area contributed by atoms with E-state index in [0.29, 0.717) is 28.7 Å². The van der Waals surface area contributed by atoms with Crippen molar-refractivity contribution in [1.82, 2.24) is 56.5 Å². The Bertz CT molecular complexity index is 3220. The number of aromatic nitrogens is 6. The number of nitrogens with two attached hydrogens (primary N) is 6. The number of nitrogen functional groups attached to an aromatic ring is 1. The Morgan fingerprint density at radius 3 is 2.13 bits per heavy atom. The van der Waals surface area contributed by atoms with Gasteiger partial charge < -0.3 is 135 Å². The van der Waals surface area contributed by atoms with Crippen LogP contribution in [0, 0.1) is 12.8 Å². The van der Waals surface area contributed by atoms with Gasteiger partial charge in [0.15, 0.2) is 24.4 Å². The first-order chi connectivity index (χ1) is 44.5. The molecule has 2 saturated heterocycles. The third-order valence-electron chi connectivity index (χ3n) is 14.8. The first kappa shape index (κ1) is 75.3. The fourth-order valence-electron chi connectivity index (χ4n) is 9.46. The van der Waals surface area contributed by atoms with Crippen LogP contribution in [0.5, 0.6) is 0 Å². The van der Waals surface area contributed by atoms with E-state index < -0.39 is 189 Å². The maximum absolute atomic E-state index is 15.2. The summed E-state index contributed by atoms with van der Waals surface area (Å²) in [4.78, 5) is 130. The lowest BCUT2D eigenvalue weighted by Gasteiger charge is -2.47. The molecule has 7 amide bonds. The molecule has 26 N–H and O–H groups in total. The number of primary amides is 3. The van der Waals surface area contributed by atoms with E-state index in [-0.39, 0.29) is 54.7 Å². The lowest BCUT2D eigenvalue weighted by atomic mass is 9.96.